The molecule has 1 aliphatic heterocycles. The summed E-state index contributed by atoms with van der Waals surface area (Å²) >= 11 is 1.65. The van der Waals surface area contributed by atoms with Gasteiger partial charge in [-0.2, -0.15) is 0 Å². The van der Waals surface area contributed by atoms with E-state index in [-0.39, 0.29) is 5.91 Å². The fourth-order valence-corrected chi connectivity index (χ4v) is 5.34. The van der Waals surface area contributed by atoms with Crippen molar-refractivity contribution >= 4 is 33.1 Å². The third-order valence-corrected chi connectivity index (χ3v) is 6.80. The molecule has 0 aliphatic carbocycles. The predicted octanol–water partition coefficient (Wildman–Crippen LogP) is 4.52. The molecule has 0 radical (unpaired) electrons. The molecule has 5 rings (SSSR count). The van der Waals surface area contributed by atoms with Crippen molar-refractivity contribution in [3.8, 4) is 0 Å². The molecule has 0 atom stereocenters. The maximum atomic E-state index is 12.7. The second-order valence-electron chi connectivity index (χ2n) is 7.71. The van der Waals surface area contributed by atoms with E-state index >= 15 is 0 Å². The van der Waals surface area contributed by atoms with Gasteiger partial charge in [-0.15, -0.1) is 11.3 Å². The number of rotatable bonds is 4. The molecule has 1 aliphatic rings. The lowest BCUT2D eigenvalue weighted by Crippen LogP contribution is -2.38. The standard InChI is InChI=1S/C22H24N4OS/c1-15-13-26-17(14-28-22(26)24-15)6-7-21(27)25-10-8-16(9-11-25)19-12-23-20-5-3-2-4-18(19)20/h2-5,12-14,16,23H,6-11H2,1H3. The molecule has 3 aromatic heterocycles. The molecule has 1 saturated heterocycles. The maximum absolute atomic E-state index is 12.7. The van der Waals surface area contributed by atoms with Crippen molar-refractivity contribution in [2.24, 2.45) is 0 Å². The van der Waals surface area contributed by atoms with Crippen LogP contribution in [0.2, 0.25) is 0 Å². The monoisotopic (exact) mass is 392 g/mol. The van der Waals surface area contributed by atoms with Gasteiger partial charge in [0, 0.05) is 53.9 Å². The number of benzene rings is 1. The Morgan fingerprint density at radius 1 is 1.29 bits per heavy atom. The van der Waals surface area contributed by atoms with E-state index in [1.54, 1.807) is 11.3 Å². The SMILES string of the molecule is Cc1cn2c(CCC(=O)N3CCC(c4c[nH]c5ccccc45)CC3)csc2n1. The van der Waals surface area contributed by atoms with Crippen molar-refractivity contribution in [3.05, 3.63) is 59.0 Å². The average Bonchev–Trinajstić information content (AvgIpc) is 3.40. The highest BCUT2D eigenvalue weighted by atomic mass is 32.1. The van der Waals surface area contributed by atoms with Crippen molar-refractivity contribution in [1.29, 1.82) is 0 Å². The summed E-state index contributed by atoms with van der Waals surface area (Å²) in [7, 11) is 0. The van der Waals surface area contributed by atoms with Crippen LogP contribution in [-0.2, 0) is 11.2 Å². The van der Waals surface area contributed by atoms with Crippen LogP contribution in [0.3, 0.4) is 0 Å². The fraction of sp³-hybridized carbons (Fsp3) is 0.364. The Hall–Kier alpha value is -2.60. The minimum absolute atomic E-state index is 0.272. The molecule has 4 heterocycles. The third-order valence-electron chi connectivity index (χ3n) is 5.91. The largest absolute Gasteiger partial charge is 0.361 e. The van der Waals surface area contributed by atoms with Crippen LogP contribution in [-0.4, -0.2) is 38.3 Å². The molecule has 5 nitrogen and oxygen atoms in total. The van der Waals surface area contributed by atoms with Crippen LogP contribution in [0.15, 0.2) is 42.0 Å². The summed E-state index contributed by atoms with van der Waals surface area (Å²) in [4.78, 5) is 23.7. The maximum Gasteiger partial charge on any atom is 0.222 e. The van der Waals surface area contributed by atoms with Gasteiger partial charge in [-0.1, -0.05) is 18.2 Å². The van der Waals surface area contributed by atoms with Gasteiger partial charge in [-0.25, -0.2) is 4.98 Å². The van der Waals surface area contributed by atoms with Crippen LogP contribution < -0.4 is 0 Å². The van der Waals surface area contributed by atoms with Gasteiger partial charge in [-0.05, 0) is 43.7 Å². The molecule has 1 amide bonds. The highest BCUT2D eigenvalue weighted by molar-refractivity contribution is 7.15. The Labute approximate surface area is 168 Å². The first kappa shape index (κ1) is 17.5. The van der Waals surface area contributed by atoms with Crippen molar-refractivity contribution < 1.29 is 4.79 Å². The molecule has 1 aromatic carbocycles. The predicted molar refractivity (Wildman–Crippen MR) is 113 cm³/mol. The van der Waals surface area contributed by atoms with E-state index in [0.717, 1.165) is 43.0 Å². The van der Waals surface area contributed by atoms with Gasteiger partial charge in [0.15, 0.2) is 4.96 Å². The van der Waals surface area contributed by atoms with Gasteiger partial charge in [0.2, 0.25) is 5.91 Å². The Morgan fingerprint density at radius 2 is 2.11 bits per heavy atom. The lowest BCUT2D eigenvalue weighted by atomic mass is 9.89. The first-order valence-corrected chi connectivity index (χ1v) is 10.8. The highest BCUT2D eigenvalue weighted by Crippen LogP contribution is 2.33. The number of likely N-dealkylation sites (tertiary alicyclic amines) is 1. The number of imidazole rings is 1. The van der Waals surface area contributed by atoms with Crippen molar-refractivity contribution in [1.82, 2.24) is 19.3 Å². The minimum atomic E-state index is 0.272. The number of hydrogen-bond acceptors (Lipinski definition) is 3. The number of carbonyl (C=O) groups is 1. The molecule has 0 unspecified atom stereocenters. The number of nitrogens with one attached hydrogen (secondary N) is 1. The molecule has 144 valence electrons. The molecule has 28 heavy (non-hydrogen) atoms. The molecule has 0 bridgehead atoms. The van der Waals surface area contributed by atoms with E-state index in [9.17, 15) is 4.79 Å². The third kappa shape index (κ3) is 3.11. The van der Waals surface area contributed by atoms with E-state index in [2.05, 4.69) is 56.4 Å². The number of para-hydroxylation sites is 1. The van der Waals surface area contributed by atoms with E-state index < -0.39 is 0 Å². The second kappa shape index (κ2) is 7.09. The summed E-state index contributed by atoms with van der Waals surface area (Å²) in [6.45, 7) is 3.71. The van der Waals surface area contributed by atoms with Gasteiger partial charge >= 0.3 is 0 Å². The van der Waals surface area contributed by atoms with Crippen LogP contribution in [0.25, 0.3) is 15.9 Å². The number of aromatic nitrogens is 3. The zero-order valence-corrected chi connectivity index (χ0v) is 16.8. The number of thiazole rings is 1. The molecule has 1 N–H and O–H groups in total. The summed E-state index contributed by atoms with van der Waals surface area (Å²) in [6.07, 6.45) is 7.63. The number of amides is 1. The van der Waals surface area contributed by atoms with E-state index in [1.807, 2.05) is 11.8 Å². The first-order valence-electron chi connectivity index (χ1n) is 9.95. The normalized spacial score (nSPS) is 15.7. The van der Waals surface area contributed by atoms with Crippen LogP contribution in [0, 0.1) is 6.92 Å². The molecule has 6 heteroatoms. The van der Waals surface area contributed by atoms with Gasteiger partial charge in [-0.3, -0.25) is 9.20 Å². The van der Waals surface area contributed by atoms with Gasteiger partial charge in [0.1, 0.15) is 0 Å². The number of carbonyl (C=O) groups excluding carboxylic acids is 1. The molecule has 4 aromatic rings. The smallest absolute Gasteiger partial charge is 0.222 e. The summed E-state index contributed by atoms with van der Waals surface area (Å²) in [5.74, 6) is 0.805. The van der Waals surface area contributed by atoms with Crippen LogP contribution in [0.4, 0.5) is 0 Å². The number of aromatic amines is 1. The lowest BCUT2D eigenvalue weighted by Gasteiger charge is -2.32. The lowest BCUT2D eigenvalue weighted by molar-refractivity contribution is -0.132. The fourth-order valence-electron chi connectivity index (χ4n) is 4.39. The Bertz CT molecular complexity index is 1130. The molecular weight excluding hydrogens is 368 g/mol. The summed E-state index contributed by atoms with van der Waals surface area (Å²) < 4.78 is 2.12. The number of nitrogens with zero attached hydrogens (tertiary/aromatic N) is 3. The molecule has 0 saturated carbocycles. The van der Waals surface area contributed by atoms with Crippen LogP contribution in [0.5, 0.6) is 0 Å². The zero-order chi connectivity index (χ0) is 19.1. The summed E-state index contributed by atoms with van der Waals surface area (Å²) in [5.41, 5.74) is 4.81. The Morgan fingerprint density at radius 3 is 2.96 bits per heavy atom. The topological polar surface area (TPSA) is 53.4 Å². The number of aryl methyl sites for hydroxylation is 2. The van der Waals surface area contributed by atoms with E-state index in [4.69, 9.17) is 0 Å². The number of fused-ring (bicyclic) bond motifs is 2. The highest BCUT2D eigenvalue weighted by Gasteiger charge is 2.25. The number of piperidine rings is 1. The first-order chi connectivity index (χ1) is 13.7. The summed E-state index contributed by atoms with van der Waals surface area (Å²) in [5, 5.41) is 3.45. The van der Waals surface area contributed by atoms with Crippen LogP contribution in [0.1, 0.15) is 42.1 Å². The Kier molecular flexibility index (Phi) is 4.43. The van der Waals surface area contributed by atoms with Crippen molar-refractivity contribution in [2.45, 2.75) is 38.5 Å². The van der Waals surface area contributed by atoms with Crippen LogP contribution >= 0.6 is 11.3 Å². The van der Waals surface area contributed by atoms with E-state index in [0.29, 0.717) is 12.3 Å². The zero-order valence-electron chi connectivity index (χ0n) is 16.0. The number of H-pyrrole nitrogens is 1. The van der Waals surface area contributed by atoms with Gasteiger partial charge in [0.05, 0.1) is 5.69 Å². The molecular formula is C22H24N4OS. The Balaban J connectivity index is 1.20. The minimum Gasteiger partial charge on any atom is -0.361 e. The van der Waals surface area contributed by atoms with Gasteiger partial charge < -0.3 is 9.88 Å². The average molecular weight is 393 g/mol. The number of hydrogen-bond donors (Lipinski definition) is 1. The van der Waals surface area contributed by atoms with E-state index in [1.165, 1.54) is 22.2 Å². The second-order valence-corrected chi connectivity index (χ2v) is 8.54. The summed E-state index contributed by atoms with van der Waals surface area (Å²) in [6, 6.07) is 8.48. The quantitative estimate of drug-likeness (QED) is 0.555. The van der Waals surface area contributed by atoms with Crippen molar-refractivity contribution in [2.75, 3.05) is 13.1 Å². The molecule has 0 spiro atoms. The van der Waals surface area contributed by atoms with Crippen molar-refractivity contribution in [3.63, 3.8) is 0 Å². The van der Waals surface area contributed by atoms with Gasteiger partial charge in [0.25, 0.3) is 0 Å². The molecule has 1 fully saturated rings.